The molecule has 6 nitrogen and oxygen atoms in total. The van der Waals surface area contributed by atoms with E-state index in [9.17, 15) is 4.79 Å². The first-order valence-electron chi connectivity index (χ1n) is 10.8. The summed E-state index contributed by atoms with van der Waals surface area (Å²) in [5.41, 5.74) is 1.45. The number of amides is 1. The number of carbonyl (C=O) groups is 1. The van der Waals surface area contributed by atoms with Crippen LogP contribution in [0.3, 0.4) is 0 Å². The SMILES string of the molecule is Cc1cnc(NC2CCC(NC(=O)C3(c4ccc(Cl)cc4Cl)CC3)CC2)nc1N(C)C. The van der Waals surface area contributed by atoms with E-state index in [-0.39, 0.29) is 11.9 Å². The number of hydrogen-bond donors (Lipinski definition) is 2. The molecule has 0 unspecified atom stereocenters. The first kappa shape index (κ1) is 22.2. The fraction of sp³-hybridized carbons (Fsp3) is 0.522. The third-order valence-electron chi connectivity index (χ3n) is 6.40. The highest BCUT2D eigenvalue weighted by Crippen LogP contribution is 2.51. The molecular weight excluding hydrogens is 433 g/mol. The van der Waals surface area contributed by atoms with Crippen LogP contribution in [-0.2, 0) is 10.2 Å². The fourth-order valence-corrected chi connectivity index (χ4v) is 5.05. The minimum Gasteiger partial charge on any atom is -0.362 e. The molecule has 31 heavy (non-hydrogen) atoms. The lowest BCUT2D eigenvalue weighted by atomic mass is 9.89. The molecule has 2 aliphatic carbocycles. The Balaban J connectivity index is 1.32. The van der Waals surface area contributed by atoms with Gasteiger partial charge in [-0.05, 0) is 63.1 Å². The maximum atomic E-state index is 13.1. The summed E-state index contributed by atoms with van der Waals surface area (Å²) in [5, 5.41) is 7.91. The van der Waals surface area contributed by atoms with Crippen LogP contribution in [0.1, 0.15) is 49.7 Å². The van der Waals surface area contributed by atoms with Crippen molar-refractivity contribution in [2.45, 2.75) is 62.9 Å². The predicted octanol–water partition coefficient (Wildman–Crippen LogP) is 4.73. The average molecular weight is 462 g/mol. The zero-order valence-electron chi connectivity index (χ0n) is 18.2. The van der Waals surface area contributed by atoms with Crippen LogP contribution in [-0.4, -0.2) is 42.1 Å². The summed E-state index contributed by atoms with van der Waals surface area (Å²) in [5.74, 6) is 1.68. The first-order valence-corrected chi connectivity index (χ1v) is 11.6. The lowest BCUT2D eigenvalue weighted by molar-refractivity contribution is -0.124. The van der Waals surface area contributed by atoms with Gasteiger partial charge in [-0.1, -0.05) is 29.3 Å². The third-order valence-corrected chi connectivity index (χ3v) is 6.94. The molecule has 0 atom stereocenters. The molecule has 0 saturated heterocycles. The van der Waals surface area contributed by atoms with Crippen molar-refractivity contribution in [3.05, 3.63) is 45.6 Å². The van der Waals surface area contributed by atoms with E-state index in [0.29, 0.717) is 22.0 Å². The second kappa shape index (κ2) is 8.83. The Hall–Kier alpha value is -2.05. The third kappa shape index (κ3) is 4.75. The Morgan fingerprint density at radius 2 is 1.81 bits per heavy atom. The smallest absolute Gasteiger partial charge is 0.230 e. The number of hydrogen-bond acceptors (Lipinski definition) is 5. The van der Waals surface area contributed by atoms with E-state index in [1.165, 1.54) is 0 Å². The number of anilines is 2. The van der Waals surface area contributed by atoms with Crippen molar-refractivity contribution in [1.29, 1.82) is 0 Å². The number of halogens is 2. The topological polar surface area (TPSA) is 70.1 Å². The van der Waals surface area contributed by atoms with E-state index in [0.717, 1.165) is 55.5 Å². The van der Waals surface area contributed by atoms with Gasteiger partial charge in [0.15, 0.2) is 0 Å². The highest BCUT2D eigenvalue weighted by atomic mass is 35.5. The highest BCUT2D eigenvalue weighted by molar-refractivity contribution is 6.35. The minimum atomic E-state index is -0.491. The zero-order valence-corrected chi connectivity index (χ0v) is 19.7. The predicted molar refractivity (Wildman–Crippen MR) is 126 cm³/mol. The van der Waals surface area contributed by atoms with Gasteiger partial charge < -0.3 is 15.5 Å². The molecular formula is C23H29Cl2N5O. The minimum absolute atomic E-state index is 0.0885. The molecule has 0 bridgehead atoms. The molecule has 0 radical (unpaired) electrons. The molecule has 1 aromatic carbocycles. The maximum Gasteiger partial charge on any atom is 0.230 e. The average Bonchev–Trinajstić information content (AvgIpc) is 3.52. The lowest BCUT2D eigenvalue weighted by Crippen LogP contribution is -2.44. The molecule has 166 valence electrons. The standard InChI is InChI=1S/C23H29Cl2N5O/c1-14-13-26-22(29-20(14)30(2)3)28-17-7-5-16(6-8-17)27-21(31)23(10-11-23)18-9-4-15(24)12-19(18)25/h4,9,12-13,16-17H,5-8,10-11H2,1-3H3,(H,27,31)(H,26,28,29). The Bertz CT molecular complexity index is 968. The van der Waals surface area contributed by atoms with Gasteiger partial charge in [0.25, 0.3) is 0 Å². The van der Waals surface area contributed by atoms with Crippen LogP contribution < -0.4 is 15.5 Å². The van der Waals surface area contributed by atoms with Crippen molar-refractivity contribution < 1.29 is 4.79 Å². The zero-order chi connectivity index (χ0) is 22.2. The van der Waals surface area contributed by atoms with Crippen molar-refractivity contribution in [3.8, 4) is 0 Å². The van der Waals surface area contributed by atoms with Crippen molar-refractivity contribution in [2.75, 3.05) is 24.3 Å². The molecule has 2 saturated carbocycles. The quantitative estimate of drug-likeness (QED) is 0.650. The van der Waals surface area contributed by atoms with E-state index < -0.39 is 5.41 Å². The molecule has 2 N–H and O–H groups in total. The molecule has 1 amide bonds. The van der Waals surface area contributed by atoms with Crippen LogP contribution in [0, 0.1) is 6.92 Å². The van der Waals surface area contributed by atoms with E-state index in [1.807, 2.05) is 44.2 Å². The summed E-state index contributed by atoms with van der Waals surface area (Å²) in [7, 11) is 3.97. The largest absolute Gasteiger partial charge is 0.362 e. The second-order valence-electron chi connectivity index (χ2n) is 8.97. The van der Waals surface area contributed by atoms with Gasteiger partial charge in [0.2, 0.25) is 11.9 Å². The Labute approximate surface area is 193 Å². The van der Waals surface area contributed by atoms with Gasteiger partial charge in [-0.25, -0.2) is 4.98 Å². The molecule has 2 aliphatic rings. The highest BCUT2D eigenvalue weighted by Gasteiger charge is 2.52. The van der Waals surface area contributed by atoms with Crippen LogP contribution in [0.5, 0.6) is 0 Å². The van der Waals surface area contributed by atoms with Crippen molar-refractivity contribution in [3.63, 3.8) is 0 Å². The first-order chi connectivity index (χ1) is 14.8. The molecule has 0 spiro atoms. The Morgan fingerprint density at radius 1 is 1.13 bits per heavy atom. The summed E-state index contributed by atoms with van der Waals surface area (Å²) in [6, 6.07) is 5.91. The molecule has 1 aromatic heterocycles. The summed E-state index contributed by atoms with van der Waals surface area (Å²) >= 11 is 12.4. The summed E-state index contributed by atoms with van der Waals surface area (Å²) in [6.07, 6.45) is 7.31. The van der Waals surface area contributed by atoms with Crippen LogP contribution in [0.25, 0.3) is 0 Å². The van der Waals surface area contributed by atoms with Gasteiger partial charge >= 0.3 is 0 Å². The molecule has 2 fully saturated rings. The van der Waals surface area contributed by atoms with E-state index in [2.05, 4.69) is 20.6 Å². The maximum absolute atomic E-state index is 13.1. The normalized spacial score (nSPS) is 22.0. The monoisotopic (exact) mass is 461 g/mol. The van der Waals surface area contributed by atoms with E-state index in [1.54, 1.807) is 6.07 Å². The Morgan fingerprint density at radius 3 is 2.42 bits per heavy atom. The van der Waals surface area contributed by atoms with Gasteiger partial charge in [0.1, 0.15) is 5.82 Å². The van der Waals surface area contributed by atoms with Gasteiger partial charge in [-0.3, -0.25) is 4.79 Å². The van der Waals surface area contributed by atoms with Crippen LogP contribution in [0.2, 0.25) is 10.0 Å². The van der Waals surface area contributed by atoms with E-state index in [4.69, 9.17) is 23.2 Å². The number of nitrogens with zero attached hydrogens (tertiary/aromatic N) is 3. The van der Waals surface area contributed by atoms with Gasteiger partial charge in [-0.2, -0.15) is 4.98 Å². The number of carbonyl (C=O) groups excluding carboxylic acids is 1. The summed E-state index contributed by atoms with van der Waals surface area (Å²) in [6.45, 7) is 2.01. The number of benzene rings is 1. The second-order valence-corrected chi connectivity index (χ2v) is 9.81. The molecule has 0 aliphatic heterocycles. The Kier molecular flexibility index (Phi) is 6.31. The summed E-state index contributed by atoms with van der Waals surface area (Å²) in [4.78, 5) is 24.2. The van der Waals surface area contributed by atoms with Crippen molar-refractivity contribution in [2.24, 2.45) is 0 Å². The fourth-order valence-electron chi connectivity index (χ4n) is 4.46. The van der Waals surface area contributed by atoms with Gasteiger partial charge in [0, 0.05) is 48.0 Å². The van der Waals surface area contributed by atoms with Crippen LogP contribution in [0.15, 0.2) is 24.4 Å². The summed E-state index contributed by atoms with van der Waals surface area (Å²) < 4.78 is 0. The van der Waals surface area contributed by atoms with Crippen LogP contribution in [0.4, 0.5) is 11.8 Å². The number of rotatable bonds is 6. The van der Waals surface area contributed by atoms with Crippen molar-refractivity contribution >= 4 is 40.9 Å². The van der Waals surface area contributed by atoms with E-state index >= 15 is 0 Å². The molecule has 2 aromatic rings. The number of aromatic nitrogens is 2. The van der Waals surface area contributed by atoms with Gasteiger partial charge in [0.05, 0.1) is 5.41 Å². The molecule has 1 heterocycles. The van der Waals surface area contributed by atoms with Crippen LogP contribution >= 0.6 is 23.2 Å². The molecule has 4 rings (SSSR count). The lowest BCUT2D eigenvalue weighted by Gasteiger charge is -2.31. The number of nitrogens with one attached hydrogen (secondary N) is 2. The molecule has 8 heteroatoms. The van der Waals surface area contributed by atoms with Gasteiger partial charge in [-0.15, -0.1) is 0 Å². The van der Waals surface area contributed by atoms with Crippen molar-refractivity contribution in [1.82, 2.24) is 15.3 Å². The number of aryl methyl sites for hydroxylation is 1.